The highest BCUT2D eigenvalue weighted by Gasteiger charge is 2.45. The van der Waals surface area contributed by atoms with Crippen LogP contribution in [-0.4, -0.2) is 28.9 Å². The zero-order chi connectivity index (χ0) is 16.1. The lowest BCUT2D eigenvalue weighted by Crippen LogP contribution is -2.43. The van der Waals surface area contributed by atoms with Crippen LogP contribution in [0.15, 0.2) is 28.7 Å². The molecular weight excluding hydrogens is 300 g/mol. The summed E-state index contributed by atoms with van der Waals surface area (Å²) in [7, 11) is 0. The molecule has 2 bridgehead atoms. The number of benzene rings is 1. The number of amides is 1. The first-order valence-electron chi connectivity index (χ1n) is 9.42. The van der Waals surface area contributed by atoms with E-state index in [1.54, 1.807) is 0 Å². The molecule has 4 heteroatoms. The van der Waals surface area contributed by atoms with Crippen molar-refractivity contribution in [2.75, 3.05) is 13.1 Å². The van der Waals surface area contributed by atoms with Gasteiger partial charge in [0.25, 0.3) is 0 Å². The van der Waals surface area contributed by atoms with Crippen molar-refractivity contribution < 1.29 is 9.21 Å². The van der Waals surface area contributed by atoms with Gasteiger partial charge in [-0.1, -0.05) is 18.6 Å². The second kappa shape index (κ2) is 5.61. The quantitative estimate of drug-likeness (QED) is 0.839. The van der Waals surface area contributed by atoms with Crippen molar-refractivity contribution >= 4 is 17.0 Å². The van der Waals surface area contributed by atoms with E-state index in [2.05, 4.69) is 9.88 Å². The number of aromatic nitrogens is 1. The number of carbonyl (C=O) groups excluding carboxylic acids is 1. The Labute approximate surface area is 142 Å². The van der Waals surface area contributed by atoms with Gasteiger partial charge in [0.2, 0.25) is 5.91 Å². The molecule has 24 heavy (non-hydrogen) atoms. The van der Waals surface area contributed by atoms with Crippen LogP contribution in [-0.2, 0) is 4.79 Å². The molecule has 2 heterocycles. The van der Waals surface area contributed by atoms with Gasteiger partial charge in [-0.2, -0.15) is 0 Å². The maximum Gasteiger partial charge on any atom is 0.225 e. The van der Waals surface area contributed by atoms with Crippen LogP contribution in [0.5, 0.6) is 0 Å². The summed E-state index contributed by atoms with van der Waals surface area (Å²) in [5, 5.41) is 0. The average molecular weight is 324 g/mol. The minimum absolute atomic E-state index is 0.244. The minimum atomic E-state index is 0.244. The third-order valence-corrected chi connectivity index (χ3v) is 6.45. The van der Waals surface area contributed by atoms with Gasteiger partial charge in [-0.15, -0.1) is 0 Å². The van der Waals surface area contributed by atoms with Crippen molar-refractivity contribution in [1.29, 1.82) is 0 Å². The molecule has 1 aliphatic heterocycles. The number of hydrogen-bond donors (Lipinski definition) is 0. The fourth-order valence-corrected chi connectivity index (χ4v) is 5.23. The van der Waals surface area contributed by atoms with Crippen molar-refractivity contribution in [2.45, 2.75) is 44.4 Å². The molecule has 126 valence electrons. The smallest absolute Gasteiger partial charge is 0.225 e. The molecule has 0 spiro atoms. The lowest BCUT2D eigenvalue weighted by molar-refractivity contribution is -0.138. The molecule has 1 aromatic carbocycles. The minimum Gasteiger partial charge on any atom is -0.440 e. The third kappa shape index (κ3) is 2.35. The van der Waals surface area contributed by atoms with E-state index < -0.39 is 0 Å². The lowest BCUT2D eigenvalue weighted by Gasteiger charge is -2.35. The van der Waals surface area contributed by atoms with Gasteiger partial charge >= 0.3 is 0 Å². The molecule has 0 radical (unpaired) electrons. The summed E-state index contributed by atoms with van der Waals surface area (Å²) in [4.78, 5) is 19.8. The molecule has 3 aliphatic rings. The Kier molecular flexibility index (Phi) is 3.39. The number of rotatable bonds is 2. The van der Waals surface area contributed by atoms with E-state index in [0.29, 0.717) is 17.7 Å². The Morgan fingerprint density at radius 3 is 2.88 bits per heavy atom. The largest absolute Gasteiger partial charge is 0.440 e. The standard InChI is InChI=1S/C20H24N2O2/c23-20(16-11-13-7-8-14(16)10-13)22-9-3-4-15(12-22)19-21-17-5-1-2-6-18(17)24-19/h1-2,5-6,13-16H,3-4,7-12H2/t13-,14-,15+,16-/m1/s1. The zero-order valence-corrected chi connectivity index (χ0v) is 14.0. The van der Waals surface area contributed by atoms with E-state index in [-0.39, 0.29) is 5.92 Å². The summed E-state index contributed by atoms with van der Waals surface area (Å²) in [5.41, 5.74) is 1.77. The summed E-state index contributed by atoms with van der Waals surface area (Å²) in [6, 6.07) is 7.92. The van der Waals surface area contributed by atoms with Crippen molar-refractivity contribution in [2.24, 2.45) is 17.8 Å². The summed E-state index contributed by atoms with van der Waals surface area (Å²) >= 11 is 0. The molecule has 2 aliphatic carbocycles. The Morgan fingerprint density at radius 2 is 2.08 bits per heavy atom. The van der Waals surface area contributed by atoms with Crippen molar-refractivity contribution in [3.63, 3.8) is 0 Å². The maximum atomic E-state index is 13.0. The Hall–Kier alpha value is -1.84. The van der Waals surface area contributed by atoms with E-state index in [4.69, 9.17) is 4.42 Å². The molecule has 1 aromatic heterocycles. The van der Waals surface area contributed by atoms with E-state index in [0.717, 1.165) is 55.3 Å². The molecule has 0 unspecified atom stereocenters. The van der Waals surface area contributed by atoms with Crippen LogP contribution in [0.25, 0.3) is 11.1 Å². The Balaban J connectivity index is 1.33. The molecule has 2 saturated carbocycles. The van der Waals surface area contributed by atoms with Crippen LogP contribution >= 0.6 is 0 Å². The van der Waals surface area contributed by atoms with Gasteiger partial charge in [-0.3, -0.25) is 4.79 Å². The molecule has 4 atom stereocenters. The van der Waals surface area contributed by atoms with E-state index in [1.165, 1.54) is 19.3 Å². The molecule has 1 saturated heterocycles. The lowest BCUT2D eigenvalue weighted by atomic mass is 9.86. The predicted octanol–water partition coefficient (Wildman–Crippen LogP) is 3.97. The fraction of sp³-hybridized carbons (Fsp3) is 0.600. The molecule has 2 aromatic rings. The van der Waals surface area contributed by atoms with Crippen molar-refractivity contribution in [1.82, 2.24) is 9.88 Å². The number of hydrogen-bond acceptors (Lipinski definition) is 3. The average Bonchev–Trinajstić information content (AvgIpc) is 3.35. The predicted molar refractivity (Wildman–Crippen MR) is 91.5 cm³/mol. The topological polar surface area (TPSA) is 46.3 Å². The SMILES string of the molecule is O=C([C@@H]1C[C@@H]2CC[C@@H]1C2)N1CCC[C@H](c2nc3ccccc3o2)C1. The van der Waals surface area contributed by atoms with Crippen LogP contribution in [0.2, 0.25) is 0 Å². The molecule has 0 N–H and O–H groups in total. The van der Waals surface area contributed by atoms with Crippen molar-refractivity contribution in [3.05, 3.63) is 30.2 Å². The van der Waals surface area contributed by atoms with Gasteiger partial charge in [0.05, 0.1) is 5.92 Å². The van der Waals surface area contributed by atoms with E-state index >= 15 is 0 Å². The van der Waals surface area contributed by atoms with Gasteiger partial charge in [0, 0.05) is 19.0 Å². The first kappa shape index (κ1) is 14.5. The van der Waals surface area contributed by atoms with E-state index in [1.807, 2.05) is 24.3 Å². The number of fused-ring (bicyclic) bond motifs is 3. The van der Waals surface area contributed by atoms with Crippen molar-refractivity contribution in [3.8, 4) is 0 Å². The number of likely N-dealkylation sites (tertiary alicyclic amines) is 1. The van der Waals surface area contributed by atoms with Gasteiger partial charge < -0.3 is 9.32 Å². The number of carbonyl (C=O) groups is 1. The number of piperidine rings is 1. The fourth-order valence-electron chi connectivity index (χ4n) is 5.23. The molecular formula is C20H24N2O2. The van der Waals surface area contributed by atoms with Gasteiger partial charge in [-0.05, 0) is 56.1 Å². The Bertz CT molecular complexity index is 735. The van der Waals surface area contributed by atoms with Crippen LogP contribution in [0.1, 0.15) is 50.3 Å². The van der Waals surface area contributed by atoms with E-state index in [9.17, 15) is 4.79 Å². The summed E-state index contributed by atoms with van der Waals surface area (Å²) in [5.74, 6) is 3.23. The van der Waals surface area contributed by atoms with Crippen LogP contribution in [0.3, 0.4) is 0 Å². The first-order valence-corrected chi connectivity index (χ1v) is 9.42. The monoisotopic (exact) mass is 324 g/mol. The van der Waals surface area contributed by atoms with Crippen LogP contribution < -0.4 is 0 Å². The summed E-state index contributed by atoms with van der Waals surface area (Å²) in [6.07, 6.45) is 7.15. The second-order valence-electron chi connectivity index (χ2n) is 7.92. The molecule has 4 nitrogen and oxygen atoms in total. The van der Waals surface area contributed by atoms with Gasteiger partial charge in [0.1, 0.15) is 5.52 Å². The third-order valence-electron chi connectivity index (χ3n) is 6.45. The van der Waals surface area contributed by atoms with Gasteiger partial charge in [0.15, 0.2) is 11.5 Å². The molecule has 3 fully saturated rings. The molecule has 5 rings (SSSR count). The normalized spacial score (nSPS) is 32.6. The number of para-hydroxylation sites is 2. The first-order chi connectivity index (χ1) is 11.8. The highest BCUT2D eigenvalue weighted by atomic mass is 16.3. The molecule has 1 amide bonds. The maximum absolute atomic E-state index is 13.0. The summed E-state index contributed by atoms with van der Waals surface area (Å²) in [6.45, 7) is 1.68. The van der Waals surface area contributed by atoms with Crippen LogP contribution in [0, 0.1) is 17.8 Å². The van der Waals surface area contributed by atoms with Gasteiger partial charge in [-0.25, -0.2) is 4.98 Å². The number of oxazole rings is 1. The number of nitrogens with zero attached hydrogens (tertiary/aromatic N) is 2. The Morgan fingerprint density at radius 1 is 1.17 bits per heavy atom. The highest BCUT2D eigenvalue weighted by Crippen LogP contribution is 2.49. The highest BCUT2D eigenvalue weighted by molar-refractivity contribution is 5.80. The zero-order valence-electron chi connectivity index (χ0n) is 14.0. The summed E-state index contributed by atoms with van der Waals surface area (Å²) < 4.78 is 5.96. The van der Waals surface area contributed by atoms with Crippen LogP contribution in [0.4, 0.5) is 0 Å². The second-order valence-corrected chi connectivity index (χ2v) is 7.92.